The molecule has 1 amide bonds. The zero-order valence-corrected chi connectivity index (χ0v) is 16.0. The van der Waals surface area contributed by atoms with Crippen LogP contribution in [0.3, 0.4) is 0 Å². The Labute approximate surface area is 166 Å². The minimum absolute atomic E-state index is 0.257. The Morgan fingerprint density at radius 1 is 1.18 bits per heavy atom. The number of benzene rings is 1. The van der Waals surface area contributed by atoms with Gasteiger partial charge in [0.2, 0.25) is 0 Å². The van der Waals surface area contributed by atoms with Gasteiger partial charge in [-0.05, 0) is 55.5 Å². The van der Waals surface area contributed by atoms with Crippen LogP contribution in [0.25, 0.3) is 21.5 Å². The summed E-state index contributed by atoms with van der Waals surface area (Å²) in [5.74, 6) is 0.501. The van der Waals surface area contributed by atoms with E-state index in [2.05, 4.69) is 15.3 Å². The number of nitrogens with one attached hydrogen (secondary N) is 1. The number of carbonyl (C=O) groups excluding carboxylic acids is 1. The number of nitrogens with zero attached hydrogens (tertiary/aromatic N) is 2. The first-order valence-corrected chi connectivity index (χ1v) is 9.61. The molecule has 0 atom stereocenters. The second-order valence-corrected chi connectivity index (χ2v) is 7.05. The summed E-state index contributed by atoms with van der Waals surface area (Å²) < 4.78 is 5.41. The first kappa shape index (κ1) is 17.9. The summed E-state index contributed by atoms with van der Waals surface area (Å²) in [4.78, 5) is 22.7. The molecule has 0 aliphatic heterocycles. The van der Waals surface area contributed by atoms with E-state index in [0.717, 1.165) is 27.2 Å². The van der Waals surface area contributed by atoms with Crippen molar-refractivity contribution >= 4 is 38.8 Å². The summed E-state index contributed by atoms with van der Waals surface area (Å²) in [7, 11) is 0. The highest BCUT2D eigenvalue weighted by Gasteiger charge is 2.18. The van der Waals surface area contributed by atoms with Crippen molar-refractivity contribution in [2.75, 3.05) is 17.7 Å². The number of ether oxygens (including phenoxy) is 1. The number of nitrogens with two attached hydrogens (primary N) is 1. The first-order chi connectivity index (χ1) is 13.7. The molecule has 3 aromatic heterocycles. The van der Waals surface area contributed by atoms with E-state index in [0.29, 0.717) is 22.9 Å². The normalized spacial score (nSPS) is 10.8. The molecule has 140 valence electrons. The van der Waals surface area contributed by atoms with Crippen molar-refractivity contribution in [2.24, 2.45) is 0 Å². The predicted octanol–water partition coefficient (Wildman–Crippen LogP) is 4.59. The second-order valence-electron chi connectivity index (χ2n) is 6.05. The number of hydrogen-bond acceptors (Lipinski definition) is 6. The Bertz CT molecular complexity index is 1120. The largest absolute Gasteiger partial charge is 0.494 e. The van der Waals surface area contributed by atoms with Gasteiger partial charge >= 0.3 is 0 Å². The van der Waals surface area contributed by atoms with Crippen molar-refractivity contribution in [1.82, 2.24) is 9.97 Å². The Morgan fingerprint density at radius 2 is 2.00 bits per heavy atom. The Hall–Kier alpha value is -3.45. The van der Waals surface area contributed by atoms with Crippen molar-refractivity contribution in [3.63, 3.8) is 0 Å². The lowest BCUT2D eigenvalue weighted by Gasteiger charge is -2.06. The van der Waals surface area contributed by atoms with Gasteiger partial charge in [-0.1, -0.05) is 0 Å². The zero-order valence-electron chi connectivity index (χ0n) is 15.2. The molecule has 6 nitrogen and oxygen atoms in total. The molecule has 3 N–H and O–H groups in total. The lowest BCUT2D eigenvalue weighted by atomic mass is 10.1. The molecule has 4 rings (SSSR count). The Balaban J connectivity index is 1.61. The molecule has 0 unspecified atom stereocenters. The molecule has 0 fully saturated rings. The van der Waals surface area contributed by atoms with Crippen LogP contribution in [0, 0.1) is 0 Å². The molecule has 0 aliphatic carbocycles. The molecule has 0 saturated carbocycles. The summed E-state index contributed by atoms with van der Waals surface area (Å²) in [5, 5.41) is 3.65. The monoisotopic (exact) mass is 390 g/mol. The van der Waals surface area contributed by atoms with Gasteiger partial charge < -0.3 is 15.8 Å². The molecule has 0 spiro atoms. The highest BCUT2D eigenvalue weighted by Crippen LogP contribution is 2.34. The van der Waals surface area contributed by atoms with Gasteiger partial charge in [-0.2, -0.15) is 0 Å². The van der Waals surface area contributed by atoms with Crippen LogP contribution < -0.4 is 15.8 Å². The number of nitrogen functional groups attached to an aromatic ring is 1. The summed E-state index contributed by atoms with van der Waals surface area (Å²) in [6, 6.07) is 14.8. The van der Waals surface area contributed by atoms with E-state index < -0.39 is 0 Å². The van der Waals surface area contributed by atoms with Gasteiger partial charge in [-0.25, -0.2) is 4.98 Å². The predicted molar refractivity (Wildman–Crippen MR) is 113 cm³/mol. The lowest BCUT2D eigenvalue weighted by Crippen LogP contribution is -2.11. The van der Waals surface area contributed by atoms with Crippen LogP contribution >= 0.6 is 11.3 Å². The van der Waals surface area contributed by atoms with Crippen molar-refractivity contribution in [3.05, 3.63) is 65.8 Å². The van der Waals surface area contributed by atoms with Gasteiger partial charge in [0, 0.05) is 29.0 Å². The standard InChI is InChI=1S/C21H18N4O2S/c1-2-27-15-7-5-14(6-8-15)24-20(26)19-18(22)16-9-10-17(25-21(16)28-19)13-4-3-11-23-12-13/h3-12H,2,22H2,1H3,(H,24,26). The van der Waals surface area contributed by atoms with Gasteiger partial charge in [0.1, 0.15) is 15.5 Å². The summed E-state index contributed by atoms with van der Waals surface area (Å²) in [6.45, 7) is 2.52. The number of hydrogen-bond donors (Lipinski definition) is 2. The van der Waals surface area contributed by atoms with E-state index in [1.807, 2.05) is 43.3 Å². The average molecular weight is 390 g/mol. The smallest absolute Gasteiger partial charge is 0.267 e. The number of amides is 1. The fourth-order valence-corrected chi connectivity index (χ4v) is 3.82. The molecule has 3 heterocycles. The van der Waals surface area contributed by atoms with Crippen LogP contribution in [0.1, 0.15) is 16.6 Å². The van der Waals surface area contributed by atoms with Crippen LogP contribution in [0.5, 0.6) is 5.75 Å². The molecule has 7 heteroatoms. The van der Waals surface area contributed by atoms with E-state index in [4.69, 9.17) is 10.5 Å². The SMILES string of the molecule is CCOc1ccc(NC(=O)c2sc3nc(-c4cccnc4)ccc3c2N)cc1. The van der Waals surface area contributed by atoms with Crippen molar-refractivity contribution in [1.29, 1.82) is 0 Å². The lowest BCUT2D eigenvalue weighted by molar-refractivity contribution is 0.103. The minimum Gasteiger partial charge on any atom is -0.494 e. The van der Waals surface area contributed by atoms with Crippen LogP contribution in [0.4, 0.5) is 11.4 Å². The van der Waals surface area contributed by atoms with E-state index in [1.54, 1.807) is 24.5 Å². The zero-order chi connectivity index (χ0) is 19.5. The van der Waals surface area contributed by atoms with Crippen molar-refractivity contribution in [2.45, 2.75) is 6.92 Å². The maximum atomic E-state index is 12.7. The molecular formula is C21H18N4O2S. The van der Waals surface area contributed by atoms with Crippen LogP contribution in [0.2, 0.25) is 0 Å². The molecule has 4 aromatic rings. The molecule has 0 aliphatic rings. The first-order valence-electron chi connectivity index (χ1n) is 8.79. The van der Waals surface area contributed by atoms with Crippen LogP contribution in [-0.2, 0) is 0 Å². The van der Waals surface area contributed by atoms with E-state index in [-0.39, 0.29) is 5.91 Å². The molecule has 1 aromatic carbocycles. The van der Waals surface area contributed by atoms with Gasteiger partial charge in [-0.3, -0.25) is 9.78 Å². The topological polar surface area (TPSA) is 90.1 Å². The molecule has 0 saturated heterocycles. The Kier molecular flexibility index (Phi) is 4.90. The summed E-state index contributed by atoms with van der Waals surface area (Å²) in [6.07, 6.45) is 3.47. The van der Waals surface area contributed by atoms with Gasteiger partial charge in [0.15, 0.2) is 0 Å². The van der Waals surface area contributed by atoms with E-state index in [1.165, 1.54) is 11.3 Å². The highest BCUT2D eigenvalue weighted by atomic mass is 32.1. The minimum atomic E-state index is -0.257. The third kappa shape index (κ3) is 3.52. The summed E-state index contributed by atoms with van der Waals surface area (Å²) >= 11 is 1.28. The van der Waals surface area contributed by atoms with E-state index >= 15 is 0 Å². The van der Waals surface area contributed by atoms with Crippen LogP contribution in [-0.4, -0.2) is 22.5 Å². The molecular weight excluding hydrogens is 372 g/mol. The van der Waals surface area contributed by atoms with Gasteiger partial charge in [0.25, 0.3) is 5.91 Å². The third-order valence-corrected chi connectivity index (χ3v) is 5.29. The second kappa shape index (κ2) is 7.66. The molecule has 28 heavy (non-hydrogen) atoms. The Morgan fingerprint density at radius 3 is 2.71 bits per heavy atom. The number of aromatic nitrogens is 2. The maximum absolute atomic E-state index is 12.7. The highest BCUT2D eigenvalue weighted by molar-refractivity contribution is 7.21. The molecule has 0 bridgehead atoms. The summed E-state index contributed by atoms with van der Waals surface area (Å²) in [5.41, 5.74) is 9.04. The van der Waals surface area contributed by atoms with Crippen molar-refractivity contribution < 1.29 is 9.53 Å². The average Bonchev–Trinajstić information content (AvgIpc) is 3.06. The number of anilines is 2. The quantitative estimate of drug-likeness (QED) is 0.520. The number of thiophene rings is 1. The van der Waals surface area contributed by atoms with Crippen LogP contribution in [0.15, 0.2) is 60.9 Å². The molecule has 0 radical (unpaired) electrons. The van der Waals surface area contributed by atoms with Gasteiger partial charge in [-0.15, -0.1) is 11.3 Å². The third-order valence-electron chi connectivity index (χ3n) is 4.18. The van der Waals surface area contributed by atoms with E-state index in [9.17, 15) is 4.79 Å². The van der Waals surface area contributed by atoms with Gasteiger partial charge in [0.05, 0.1) is 18.0 Å². The fourth-order valence-electron chi connectivity index (χ4n) is 2.83. The number of carbonyl (C=O) groups is 1. The maximum Gasteiger partial charge on any atom is 0.267 e. The number of pyridine rings is 2. The van der Waals surface area contributed by atoms with Crippen molar-refractivity contribution in [3.8, 4) is 17.0 Å². The number of rotatable bonds is 5. The fraction of sp³-hybridized carbons (Fsp3) is 0.0952. The number of fused-ring (bicyclic) bond motifs is 1.